The van der Waals surface area contributed by atoms with E-state index in [0.29, 0.717) is 23.3 Å². The van der Waals surface area contributed by atoms with Gasteiger partial charge < -0.3 is 4.74 Å². The Kier molecular flexibility index (Phi) is 3.76. The molecular formula is C15H17ClN2O2. The van der Waals surface area contributed by atoms with Crippen molar-refractivity contribution < 1.29 is 4.74 Å². The van der Waals surface area contributed by atoms with E-state index in [9.17, 15) is 4.79 Å². The van der Waals surface area contributed by atoms with Crippen LogP contribution in [0.3, 0.4) is 0 Å². The monoisotopic (exact) mass is 292 g/mol. The average Bonchev–Trinajstić information content (AvgIpc) is 2.48. The minimum atomic E-state index is -0.311. The third-order valence-electron chi connectivity index (χ3n) is 3.69. The molecule has 0 amide bonds. The van der Waals surface area contributed by atoms with Crippen LogP contribution in [0.1, 0.15) is 37.0 Å². The zero-order chi connectivity index (χ0) is 14.1. The van der Waals surface area contributed by atoms with Crippen LogP contribution in [0.2, 0.25) is 0 Å². The molecule has 0 spiro atoms. The van der Waals surface area contributed by atoms with Gasteiger partial charge in [-0.05, 0) is 31.9 Å². The van der Waals surface area contributed by atoms with E-state index in [1.54, 1.807) is 4.57 Å². The van der Waals surface area contributed by atoms with Crippen LogP contribution < -0.4 is 5.56 Å². The molecule has 106 valence electrons. The summed E-state index contributed by atoms with van der Waals surface area (Å²) in [6.45, 7) is 3.16. The summed E-state index contributed by atoms with van der Waals surface area (Å²) >= 11 is 6.24. The Morgan fingerprint density at radius 3 is 2.95 bits per heavy atom. The molecule has 3 rings (SSSR count). The molecule has 5 heteroatoms. The normalized spacial score (nSPS) is 21.0. The van der Waals surface area contributed by atoms with Crippen molar-refractivity contribution in [3.63, 3.8) is 0 Å². The van der Waals surface area contributed by atoms with Gasteiger partial charge in [-0.25, -0.2) is 4.98 Å². The maximum atomic E-state index is 12.8. The maximum absolute atomic E-state index is 12.8. The molecule has 0 saturated carbocycles. The predicted octanol–water partition coefficient (Wildman–Crippen LogP) is 3.05. The fourth-order valence-corrected chi connectivity index (χ4v) is 2.88. The van der Waals surface area contributed by atoms with Gasteiger partial charge in [0.05, 0.1) is 28.9 Å². The molecule has 0 N–H and O–H groups in total. The van der Waals surface area contributed by atoms with E-state index in [2.05, 4.69) is 4.98 Å². The number of rotatable bonds is 2. The average molecular weight is 293 g/mol. The molecule has 2 heterocycles. The van der Waals surface area contributed by atoms with Gasteiger partial charge in [0.1, 0.15) is 5.82 Å². The molecule has 1 aliphatic rings. The second-order valence-corrected chi connectivity index (χ2v) is 5.80. The number of benzene rings is 1. The van der Waals surface area contributed by atoms with Gasteiger partial charge in [-0.15, -0.1) is 11.6 Å². The summed E-state index contributed by atoms with van der Waals surface area (Å²) in [4.78, 5) is 17.3. The number of halogens is 1. The molecule has 2 aromatic rings. The minimum absolute atomic E-state index is 0.0198. The molecule has 2 atom stereocenters. The summed E-state index contributed by atoms with van der Waals surface area (Å²) in [5.74, 6) is 0.630. The molecule has 2 unspecified atom stereocenters. The van der Waals surface area contributed by atoms with Crippen molar-refractivity contribution in [2.45, 2.75) is 31.2 Å². The van der Waals surface area contributed by atoms with E-state index < -0.39 is 0 Å². The Morgan fingerprint density at radius 1 is 1.45 bits per heavy atom. The van der Waals surface area contributed by atoms with Crippen molar-refractivity contribution in [3.8, 4) is 0 Å². The van der Waals surface area contributed by atoms with Crippen molar-refractivity contribution >= 4 is 22.5 Å². The van der Waals surface area contributed by atoms with Crippen molar-refractivity contribution in [1.29, 1.82) is 0 Å². The van der Waals surface area contributed by atoms with E-state index in [1.165, 1.54) is 0 Å². The highest BCUT2D eigenvalue weighted by molar-refractivity contribution is 6.20. The van der Waals surface area contributed by atoms with Crippen LogP contribution in [0.5, 0.6) is 0 Å². The fourth-order valence-electron chi connectivity index (χ4n) is 2.72. The van der Waals surface area contributed by atoms with Crippen LogP contribution in [0, 0.1) is 0 Å². The van der Waals surface area contributed by atoms with E-state index >= 15 is 0 Å². The highest BCUT2D eigenvalue weighted by Crippen LogP contribution is 2.25. The quantitative estimate of drug-likeness (QED) is 0.799. The second-order valence-electron chi connectivity index (χ2n) is 5.15. The van der Waals surface area contributed by atoms with E-state index in [0.717, 1.165) is 19.4 Å². The molecule has 1 fully saturated rings. The lowest BCUT2D eigenvalue weighted by atomic mass is 10.1. The SMILES string of the molecule is CC(Cl)c1nc2ccccc2c(=O)n1C1CCCOC1. The molecule has 20 heavy (non-hydrogen) atoms. The first-order valence-electron chi connectivity index (χ1n) is 6.91. The largest absolute Gasteiger partial charge is 0.379 e. The Hall–Kier alpha value is -1.39. The summed E-state index contributed by atoms with van der Waals surface area (Å²) in [7, 11) is 0. The Balaban J connectivity index is 2.24. The first-order chi connectivity index (χ1) is 9.68. The number of fused-ring (bicyclic) bond motifs is 1. The number of hydrogen-bond donors (Lipinski definition) is 0. The first kappa shape index (κ1) is 13.6. The van der Waals surface area contributed by atoms with Gasteiger partial charge in [-0.2, -0.15) is 0 Å². The zero-order valence-corrected chi connectivity index (χ0v) is 12.1. The molecule has 0 bridgehead atoms. The first-order valence-corrected chi connectivity index (χ1v) is 7.35. The lowest BCUT2D eigenvalue weighted by Crippen LogP contribution is -2.34. The highest BCUT2D eigenvalue weighted by Gasteiger charge is 2.23. The van der Waals surface area contributed by atoms with Gasteiger partial charge in [0, 0.05) is 6.61 Å². The van der Waals surface area contributed by atoms with Crippen LogP contribution in [-0.2, 0) is 4.74 Å². The van der Waals surface area contributed by atoms with Gasteiger partial charge in [0.2, 0.25) is 0 Å². The smallest absolute Gasteiger partial charge is 0.261 e. The van der Waals surface area contributed by atoms with E-state index in [4.69, 9.17) is 16.3 Å². The Morgan fingerprint density at radius 2 is 2.25 bits per heavy atom. The number of alkyl halides is 1. The summed E-state index contributed by atoms with van der Waals surface area (Å²) in [6.07, 6.45) is 1.89. The predicted molar refractivity (Wildman–Crippen MR) is 79.4 cm³/mol. The summed E-state index contributed by atoms with van der Waals surface area (Å²) < 4.78 is 7.24. The molecule has 1 saturated heterocycles. The molecule has 0 radical (unpaired) electrons. The second kappa shape index (κ2) is 5.54. The Bertz CT molecular complexity index is 675. The van der Waals surface area contributed by atoms with Crippen LogP contribution in [-0.4, -0.2) is 22.8 Å². The van der Waals surface area contributed by atoms with E-state index in [-0.39, 0.29) is 17.0 Å². The zero-order valence-electron chi connectivity index (χ0n) is 11.4. The number of para-hydroxylation sites is 1. The Labute approximate surface area is 122 Å². The maximum Gasteiger partial charge on any atom is 0.261 e. The van der Waals surface area contributed by atoms with Gasteiger partial charge in [-0.3, -0.25) is 9.36 Å². The minimum Gasteiger partial charge on any atom is -0.379 e. The van der Waals surface area contributed by atoms with Crippen molar-refractivity contribution in [2.24, 2.45) is 0 Å². The molecule has 1 aliphatic heterocycles. The molecular weight excluding hydrogens is 276 g/mol. The summed E-state index contributed by atoms with van der Waals surface area (Å²) in [5.41, 5.74) is 0.682. The molecule has 4 nitrogen and oxygen atoms in total. The van der Waals surface area contributed by atoms with Crippen molar-refractivity contribution in [3.05, 3.63) is 40.4 Å². The number of aromatic nitrogens is 2. The molecule has 1 aromatic heterocycles. The lowest BCUT2D eigenvalue weighted by Gasteiger charge is -2.27. The standard InChI is InChI=1S/C15H17ClN2O2/c1-10(16)14-17-13-7-3-2-6-12(13)15(19)18(14)11-5-4-8-20-9-11/h2-3,6-7,10-11H,4-5,8-9H2,1H3. The third-order valence-corrected chi connectivity index (χ3v) is 3.89. The molecule has 0 aliphatic carbocycles. The van der Waals surface area contributed by atoms with Crippen LogP contribution >= 0.6 is 11.6 Å². The number of hydrogen-bond acceptors (Lipinski definition) is 3. The van der Waals surface area contributed by atoms with Crippen LogP contribution in [0.15, 0.2) is 29.1 Å². The summed E-state index contributed by atoms with van der Waals surface area (Å²) in [6, 6.07) is 7.43. The van der Waals surface area contributed by atoms with Crippen molar-refractivity contribution in [2.75, 3.05) is 13.2 Å². The van der Waals surface area contributed by atoms with Crippen LogP contribution in [0.4, 0.5) is 0 Å². The third kappa shape index (κ3) is 2.34. The van der Waals surface area contributed by atoms with Gasteiger partial charge in [0.15, 0.2) is 0 Å². The fraction of sp³-hybridized carbons (Fsp3) is 0.467. The molecule has 1 aromatic carbocycles. The van der Waals surface area contributed by atoms with Crippen LogP contribution in [0.25, 0.3) is 10.9 Å². The van der Waals surface area contributed by atoms with Gasteiger partial charge in [0.25, 0.3) is 5.56 Å². The number of ether oxygens (including phenoxy) is 1. The lowest BCUT2D eigenvalue weighted by molar-refractivity contribution is 0.0567. The van der Waals surface area contributed by atoms with Gasteiger partial charge in [-0.1, -0.05) is 12.1 Å². The van der Waals surface area contributed by atoms with Gasteiger partial charge >= 0.3 is 0 Å². The topological polar surface area (TPSA) is 44.1 Å². The number of nitrogens with zero attached hydrogens (tertiary/aromatic N) is 2. The van der Waals surface area contributed by atoms with Crippen molar-refractivity contribution in [1.82, 2.24) is 9.55 Å². The summed E-state index contributed by atoms with van der Waals surface area (Å²) in [5, 5.41) is 0.327. The van der Waals surface area contributed by atoms with E-state index in [1.807, 2.05) is 31.2 Å². The highest BCUT2D eigenvalue weighted by atomic mass is 35.5.